The molecular formula is C23H16FIN4O4. The van der Waals surface area contributed by atoms with Crippen molar-refractivity contribution in [2.24, 2.45) is 5.10 Å². The topological polar surface area (TPSA) is 106 Å². The molecule has 0 radical (unpaired) electrons. The molecule has 0 bridgehead atoms. The van der Waals surface area contributed by atoms with Crippen LogP contribution in [-0.4, -0.2) is 28.4 Å². The number of fused-ring (bicyclic) bond motifs is 1. The quantitative estimate of drug-likeness (QED) is 0.280. The predicted molar refractivity (Wildman–Crippen MR) is 132 cm³/mol. The Hall–Kier alpha value is -3.80. The van der Waals surface area contributed by atoms with E-state index in [1.165, 1.54) is 30.5 Å². The number of carbonyl (C=O) groups is 1. The summed E-state index contributed by atoms with van der Waals surface area (Å²) < 4.78 is 20.0. The lowest BCUT2D eigenvalue weighted by molar-refractivity contribution is -0.118. The number of aromatic nitrogens is 2. The molecule has 0 spiro atoms. The van der Waals surface area contributed by atoms with Crippen molar-refractivity contribution in [1.82, 2.24) is 9.66 Å². The summed E-state index contributed by atoms with van der Waals surface area (Å²) in [6, 6.07) is 17.2. The van der Waals surface area contributed by atoms with E-state index in [0.29, 0.717) is 31.5 Å². The highest BCUT2D eigenvalue weighted by Gasteiger charge is 2.08. The number of hydrogen-bond acceptors (Lipinski definition) is 5. The van der Waals surface area contributed by atoms with Gasteiger partial charge in [-0.05, 0) is 82.8 Å². The largest absolute Gasteiger partial charge is 0.483 e. The number of benzene rings is 3. The third kappa shape index (κ3) is 5.34. The standard InChI is InChI=1S/C23H16FIN4O4/c24-15-6-8-16(9-7-15)27-21(30)13-33-20-10-5-14(11-18(20)25)12-26-29-22(31)17-3-1-2-4-19(17)28-23(29)32/h1-12H,13H2,(H,27,30)(H,28,32). The highest BCUT2D eigenvalue weighted by Crippen LogP contribution is 2.21. The summed E-state index contributed by atoms with van der Waals surface area (Å²) in [6.07, 6.45) is 1.39. The van der Waals surface area contributed by atoms with Crippen LogP contribution in [0, 0.1) is 9.39 Å². The number of nitrogens with zero attached hydrogens (tertiary/aromatic N) is 2. The molecule has 0 aliphatic carbocycles. The van der Waals surface area contributed by atoms with Crippen molar-refractivity contribution in [2.45, 2.75) is 0 Å². The van der Waals surface area contributed by atoms with E-state index in [1.807, 2.05) is 22.6 Å². The minimum atomic E-state index is -0.642. The Balaban J connectivity index is 1.44. The van der Waals surface area contributed by atoms with E-state index in [-0.39, 0.29) is 6.61 Å². The Morgan fingerprint density at radius 2 is 1.88 bits per heavy atom. The molecule has 166 valence electrons. The van der Waals surface area contributed by atoms with E-state index in [1.54, 1.807) is 42.5 Å². The van der Waals surface area contributed by atoms with E-state index in [0.717, 1.165) is 4.68 Å². The molecule has 0 fully saturated rings. The first kappa shape index (κ1) is 22.4. The van der Waals surface area contributed by atoms with Crippen LogP contribution in [0.3, 0.4) is 0 Å². The smallest absolute Gasteiger partial charge is 0.349 e. The molecule has 2 N–H and O–H groups in total. The fourth-order valence-electron chi connectivity index (χ4n) is 2.97. The van der Waals surface area contributed by atoms with E-state index in [4.69, 9.17) is 4.74 Å². The maximum Gasteiger partial charge on any atom is 0.349 e. The number of carbonyl (C=O) groups excluding carboxylic acids is 1. The van der Waals surface area contributed by atoms with Crippen LogP contribution in [0.5, 0.6) is 5.75 Å². The SMILES string of the molecule is O=C(COc1ccc(C=Nn2c(=O)[nH]c3ccccc3c2=O)cc1I)Nc1ccc(F)cc1. The second-order valence-corrected chi connectivity index (χ2v) is 8.03. The highest BCUT2D eigenvalue weighted by molar-refractivity contribution is 14.1. The summed E-state index contributed by atoms with van der Waals surface area (Å²) in [4.78, 5) is 39.4. The monoisotopic (exact) mass is 558 g/mol. The lowest BCUT2D eigenvalue weighted by atomic mass is 10.2. The number of amides is 1. The molecule has 1 aromatic heterocycles. The lowest BCUT2D eigenvalue weighted by Gasteiger charge is -2.09. The molecule has 0 saturated heterocycles. The normalized spacial score (nSPS) is 11.1. The second kappa shape index (κ2) is 9.77. The summed E-state index contributed by atoms with van der Waals surface area (Å²) in [5.74, 6) is -0.307. The molecule has 4 aromatic rings. The fourth-order valence-corrected chi connectivity index (χ4v) is 3.67. The van der Waals surface area contributed by atoms with Gasteiger partial charge in [0.25, 0.3) is 11.5 Å². The van der Waals surface area contributed by atoms with Gasteiger partial charge >= 0.3 is 5.69 Å². The minimum absolute atomic E-state index is 0.233. The molecule has 0 aliphatic rings. The zero-order chi connectivity index (χ0) is 23.4. The van der Waals surface area contributed by atoms with Crippen molar-refractivity contribution >= 4 is 51.3 Å². The number of anilines is 1. The van der Waals surface area contributed by atoms with Gasteiger partial charge in [-0.2, -0.15) is 5.10 Å². The first-order valence-corrected chi connectivity index (χ1v) is 10.7. The Kier molecular flexibility index (Phi) is 6.63. The number of H-pyrrole nitrogens is 1. The second-order valence-electron chi connectivity index (χ2n) is 6.87. The Morgan fingerprint density at radius 3 is 2.64 bits per heavy atom. The molecular weight excluding hydrogens is 542 g/mol. The van der Waals surface area contributed by atoms with Gasteiger partial charge in [-0.1, -0.05) is 12.1 Å². The van der Waals surface area contributed by atoms with Crippen molar-refractivity contribution in [1.29, 1.82) is 0 Å². The van der Waals surface area contributed by atoms with Crippen molar-refractivity contribution in [3.8, 4) is 5.75 Å². The van der Waals surface area contributed by atoms with E-state index in [2.05, 4.69) is 15.4 Å². The Labute approximate surface area is 199 Å². The van der Waals surface area contributed by atoms with Crippen LogP contribution in [0.4, 0.5) is 10.1 Å². The van der Waals surface area contributed by atoms with Gasteiger partial charge in [-0.15, -0.1) is 4.68 Å². The average Bonchev–Trinajstić information content (AvgIpc) is 2.80. The van der Waals surface area contributed by atoms with Crippen molar-refractivity contribution < 1.29 is 13.9 Å². The summed E-state index contributed by atoms with van der Waals surface area (Å²) in [6.45, 7) is -0.233. The highest BCUT2D eigenvalue weighted by atomic mass is 127. The average molecular weight is 558 g/mol. The molecule has 0 aliphatic heterocycles. The minimum Gasteiger partial charge on any atom is -0.483 e. The van der Waals surface area contributed by atoms with Crippen LogP contribution in [0.25, 0.3) is 10.9 Å². The van der Waals surface area contributed by atoms with Gasteiger partial charge in [-0.25, -0.2) is 9.18 Å². The van der Waals surface area contributed by atoms with E-state index in [9.17, 15) is 18.8 Å². The Morgan fingerprint density at radius 1 is 1.12 bits per heavy atom. The molecule has 33 heavy (non-hydrogen) atoms. The number of nitrogens with one attached hydrogen (secondary N) is 2. The number of hydrogen-bond donors (Lipinski definition) is 2. The zero-order valence-corrected chi connectivity index (χ0v) is 19.1. The molecule has 1 amide bonds. The molecule has 4 rings (SSSR count). The number of para-hydroxylation sites is 1. The maximum absolute atomic E-state index is 12.9. The van der Waals surface area contributed by atoms with Crippen LogP contribution >= 0.6 is 22.6 Å². The fraction of sp³-hybridized carbons (Fsp3) is 0.0435. The predicted octanol–water partition coefficient (Wildman–Crippen LogP) is 3.33. The molecule has 0 unspecified atom stereocenters. The van der Waals surface area contributed by atoms with Crippen molar-refractivity contribution in [2.75, 3.05) is 11.9 Å². The summed E-state index contributed by atoms with van der Waals surface area (Å²) >= 11 is 2.04. The molecule has 0 saturated carbocycles. The summed E-state index contributed by atoms with van der Waals surface area (Å²) in [7, 11) is 0. The van der Waals surface area contributed by atoms with Crippen molar-refractivity contribution in [3.05, 3.63) is 103 Å². The first-order chi connectivity index (χ1) is 15.9. The van der Waals surface area contributed by atoms with Crippen LogP contribution in [0.15, 0.2) is 81.4 Å². The van der Waals surface area contributed by atoms with E-state index < -0.39 is 23.0 Å². The summed E-state index contributed by atoms with van der Waals surface area (Å²) in [5.41, 5.74) is 0.370. The van der Waals surface area contributed by atoms with Gasteiger partial charge in [0, 0.05) is 5.69 Å². The van der Waals surface area contributed by atoms with Gasteiger partial charge in [0.1, 0.15) is 11.6 Å². The molecule has 1 heterocycles. The van der Waals surface area contributed by atoms with Crippen molar-refractivity contribution in [3.63, 3.8) is 0 Å². The van der Waals surface area contributed by atoms with Gasteiger partial charge in [0.15, 0.2) is 6.61 Å². The molecule has 8 nitrogen and oxygen atoms in total. The maximum atomic E-state index is 12.9. The molecule has 10 heteroatoms. The van der Waals surface area contributed by atoms with Crippen LogP contribution in [0.1, 0.15) is 5.56 Å². The van der Waals surface area contributed by atoms with Crippen LogP contribution < -0.4 is 21.3 Å². The van der Waals surface area contributed by atoms with Gasteiger partial charge in [-0.3, -0.25) is 9.59 Å². The first-order valence-electron chi connectivity index (χ1n) is 9.67. The van der Waals surface area contributed by atoms with Gasteiger partial charge in [0.05, 0.1) is 20.7 Å². The lowest BCUT2D eigenvalue weighted by Crippen LogP contribution is -2.32. The van der Waals surface area contributed by atoms with Gasteiger partial charge in [0.2, 0.25) is 0 Å². The van der Waals surface area contributed by atoms with Crippen LogP contribution in [-0.2, 0) is 4.79 Å². The summed E-state index contributed by atoms with van der Waals surface area (Å²) in [5, 5.41) is 6.99. The number of ether oxygens (including phenoxy) is 1. The molecule has 3 aromatic carbocycles. The zero-order valence-electron chi connectivity index (χ0n) is 16.9. The number of aromatic amines is 1. The number of halogens is 2. The van der Waals surface area contributed by atoms with Gasteiger partial charge < -0.3 is 15.0 Å². The Bertz CT molecular complexity index is 1480. The molecule has 0 atom stereocenters. The number of rotatable bonds is 6. The third-order valence-corrected chi connectivity index (χ3v) is 5.39. The third-order valence-electron chi connectivity index (χ3n) is 4.55. The van der Waals surface area contributed by atoms with Crippen LogP contribution in [0.2, 0.25) is 0 Å². The van der Waals surface area contributed by atoms with E-state index >= 15 is 0 Å².